The summed E-state index contributed by atoms with van der Waals surface area (Å²) in [5.41, 5.74) is 3.44. The van der Waals surface area contributed by atoms with Crippen molar-refractivity contribution in [2.45, 2.75) is 13.5 Å². The van der Waals surface area contributed by atoms with Gasteiger partial charge in [-0.15, -0.1) is 0 Å². The number of nitrogens with zero attached hydrogens (tertiary/aromatic N) is 1. The predicted molar refractivity (Wildman–Crippen MR) is 100 cm³/mol. The van der Waals surface area contributed by atoms with Gasteiger partial charge in [-0.25, -0.2) is 4.98 Å². The summed E-state index contributed by atoms with van der Waals surface area (Å²) in [7, 11) is 1.62. The van der Waals surface area contributed by atoms with Crippen molar-refractivity contribution >= 4 is 27.9 Å². The van der Waals surface area contributed by atoms with Crippen molar-refractivity contribution in [1.29, 1.82) is 0 Å². The van der Waals surface area contributed by atoms with Gasteiger partial charge in [0.15, 0.2) is 5.76 Å². The molecule has 0 atom stereocenters. The molecular formula is C21H18N2O3. The Bertz CT molecular complexity index is 1100. The number of methoxy groups -OCH3 is 1. The van der Waals surface area contributed by atoms with Gasteiger partial charge < -0.3 is 14.5 Å². The molecule has 1 amide bonds. The Morgan fingerprint density at radius 2 is 1.88 bits per heavy atom. The molecule has 0 spiro atoms. The minimum atomic E-state index is -0.265. The van der Waals surface area contributed by atoms with Gasteiger partial charge in [0.1, 0.15) is 5.75 Å². The summed E-state index contributed by atoms with van der Waals surface area (Å²) in [5, 5.41) is 4.70. The molecule has 0 fully saturated rings. The molecule has 4 aromatic rings. The van der Waals surface area contributed by atoms with E-state index < -0.39 is 0 Å². The highest BCUT2D eigenvalue weighted by Crippen LogP contribution is 2.23. The second-order valence-corrected chi connectivity index (χ2v) is 6.22. The van der Waals surface area contributed by atoms with Crippen LogP contribution in [-0.4, -0.2) is 18.0 Å². The number of furan rings is 1. The number of aryl methyl sites for hydroxylation is 1. The van der Waals surface area contributed by atoms with E-state index in [-0.39, 0.29) is 11.7 Å². The third-order valence-electron chi connectivity index (χ3n) is 4.30. The second-order valence-electron chi connectivity index (χ2n) is 6.22. The van der Waals surface area contributed by atoms with Crippen LogP contribution in [0.1, 0.15) is 21.7 Å². The summed E-state index contributed by atoms with van der Waals surface area (Å²) >= 11 is 0. The molecule has 5 nitrogen and oxygen atoms in total. The molecule has 26 heavy (non-hydrogen) atoms. The molecule has 4 rings (SSSR count). The second kappa shape index (κ2) is 6.52. The molecule has 0 aliphatic heterocycles. The summed E-state index contributed by atoms with van der Waals surface area (Å²) in [6, 6.07) is 17.3. The molecule has 2 aromatic carbocycles. The highest BCUT2D eigenvalue weighted by atomic mass is 16.5. The zero-order chi connectivity index (χ0) is 18.1. The molecule has 130 valence electrons. The summed E-state index contributed by atoms with van der Waals surface area (Å²) < 4.78 is 10.8. The third-order valence-corrected chi connectivity index (χ3v) is 4.30. The number of ether oxygens (including phenoxy) is 1. The van der Waals surface area contributed by atoms with Crippen LogP contribution in [0.2, 0.25) is 0 Å². The number of fused-ring (bicyclic) bond motifs is 2. The molecule has 5 heteroatoms. The topological polar surface area (TPSA) is 64.4 Å². The number of carbonyl (C=O) groups is 1. The number of carbonyl (C=O) groups excluding carboxylic acids is 1. The van der Waals surface area contributed by atoms with Crippen LogP contribution in [-0.2, 0) is 6.54 Å². The fourth-order valence-electron chi connectivity index (χ4n) is 2.86. The van der Waals surface area contributed by atoms with E-state index >= 15 is 0 Å². The monoisotopic (exact) mass is 346 g/mol. The van der Waals surface area contributed by atoms with Gasteiger partial charge in [0.25, 0.3) is 5.91 Å². The fourth-order valence-corrected chi connectivity index (χ4v) is 2.86. The van der Waals surface area contributed by atoms with Crippen molar-refractivity contribution in [1.82, 2.24) is 10.3 Å². The highest BCUT2D eigenvalue weighted by Gasteiger charge is 2.13. The average molecular weight is 346 g/mol. The molecule has 0 bridgehead atoms. The normalized spacial score (nSPS) is 11.0. The van der Waals surface area contributed by atoms with Gasteiger partial charge in [-0.2, -0.15) is 0 Å². The molecule has 2 aromatic heterocycles. The Morgan fingerprint density at radius 3 is 2.65 bits per heavy atom. The number of hydrogen-bond acceptors (Lipinski definition) is 4. The van der Waals surface area contributed by atoms with Crippen molar-refractivity contribution in [2.75, 3.05) is 7.11 Å². The summed E-state index contributed by atoms with van der Waals surface area (Å²) in [5.74, 6) is 0.776. The van der Waals surface area contributed by atoms with E-state index in [1.807, 2.05) is 55.5 Å². The summed E-state index contributed by atoms with van der Waals surface area (Å²) in [6.07, 6.45) is 0. The lowest BCUT2D eigenvalue weighted by Gasteiger charge is -2.04. The molecule has 0 radical (unpaired) electrons. The molecule has 1 N–H and O–H groups in total. The largest absolute Gasteiger partial charge is 0.497 e. The number of hydrogen-bond donors (Lipinski definition) is 1. The van der Waals surface area contributed by atoms with Crippen LogP contribution in [0.4, 0.5) is 0 Å². The first-order chi connectivity index (χ1) is 12.6. The van der Waals surface area contributed by atoms with E-state index in [1.165, 1.54) is 0 Å². The maximum Gasteiger partial charge on any atom is 0.287 e. The molecule has 0 saturated carbocycles. The van der Waals surface area contributed by atoms with E-state index in [0.717, 1.165) is 33.2 Å². The summed E-state index contributed by atoms with van der Waals surface area (Å²) in [4.78, 5) is 16.9. The van der Waals surface area contributed by atoms with Crippen molar-refractivity contribution in [3.8, 4) is 5.75 Å². The van der Waals surface area contributed by atoms with Crippen molar-refractivity contribution in [3.63, 3.8) is 0 Å². The maximum absolute atomic E-state index is 12.4. The zero-order valence-electron chi connectivity index (χ0n) is 14.6. The Kier molecular flexibility index (Phi) is 4.05. The lowest BCUT2D eigenvalue weighted by molar-refractivity contribution is 0.0925. The Hall–Kier alpha value is -3.34. The van der Waals surface area contributed by atoms with Crippen molar-refractivity contribution in [3.05, 3.63) is 71.5 Å². The number of nitrogens with one attached hydrogen (secondary N) is 1. The number of amides is 1. The highest BCUT2D eigenvalue weighted by molar-refractivity contribution is 5.98. The average Bonchev–Trinajstić information content (AvgIpc) is 3.07. The minimum Gasteiger partial charge on any atom is -0.497 e. The van der Waals surface area contributed by atoms with Crippen LogP contribution in [0.25, 0.3) is 22.0 Å². The molecule has 0 saturated heterocycles. The lowest BCUT2D eigenvalue weighted by Crippen LogP contribution is -2.22. The summed E-state index contributed by atoms with van der Waals surface area (Å²) in [6.45, 7) is 2.43. The Balaban J connectivity index is 1.55. The maximum atomic E-state index is 12.4. The molecular weight excluding hydrogens is 328 g/mol. The van der Waals surface area contributed by atoms with Gasteiger partial charge in [-0.1, -0.05) is 24.3 Å². The first kappa shape index (κ1) is 16.1. The SMILES string of the molecule is COc1ccc(CNC(=O)c2cc3cc4ccc(C)cc4nc3o2)cc1. The zero-order valence-corrected chi connectivity index (χ0v) is 14.6. The smallest absolute Gasteiger partial charge is 0.287 e. The van der Waals surface area contributed by atoms with Crippen LogP contribution in [0, 0.1) is 6.92 Å². The van der Waals surface area contributed by atoms with Crippen molar-refractivity contribution < 1.29 is 13.9 Å². The third kappa shape index (κ3) is 3.11. The van der Waals surface area contributed by atoms with E-state index in [1.54, 1.807) is 13.2 Å². The van der Waals surface area contributed by atoms with E-state index in [9.17, 15) is 4.79 Å². The van der Waals surface area contributed by atoms with E-state index in [4.69, 9.17) is 9.15 Å². The Morgan fingerprint density at radius 1 is 1.08 bits per heavy atom. The first-order valence-electron chi connectivity index (χ1n) is 8.34. The molecule has 0 aliphatic carbocycles. The quantitative estimate of drug-likeness (QED) is 0.601. The van der Waals surface area contributed by atoms with Gasteiger partial charge >= 0.3 is 0 Å². The number of aromatic nitrogens is 1. The van der Waals surface area contributed by atoms with Gasteiger partial charge in [-0.05, 0) is 48.4 Å². The van der Waals surface area contributed by atoms with Crippen molar-refractivity contribution in [2.24, 2.45) is 0 Å². The van der Waals surface area contributed by atoms with Gasteiger partial charge in [0.05, 0.1) is 12.6 Å². The number of pyridine rings is 1. The fraction of sp³-hybridized carbons (Fsp3) is 0.143. The number of rotatable bonds is 4. The van der Waals surface area contributed by atoms with Gasteiger partial charge in [0.2, 0.25) is 5.71 Å². The van der Waals surface area contributed by atoms with E-state index in [2.05, 4.69) is 10.3 Å². The lowest BCUT2D eigenvalue weighted by atomic mass is 10.1. The van der Waals surface area contributed by atoms with Crippen LogP contribution < -0.4 is 10.1 Å². The number of benzene rings is 2. The van der Waals surface area contributed by atoms with Crippen LogP contribution in [0.5, 0.6) is 5.75 Å². The van der Waals surface area contributed by atoms with Crippen LogP contribution in [0.15, 0.2) is 59.0 Å². The van der Waals surface area contributed by atoms with Crippen LogP contribution in [0.3, 0.4) is 0 Å². The first-order valence-corrected chi connectivity index (χ1v) is 8.34. The molecule has 0 aliphatic rings. The van der Waals surface area contributed by atoms with Gasteiger partial charge in [0, 0.05) is 17.3 Å². The standard InChI is InChI=1S/C21H18N2O3/c1-13-3-6-15-10-16-11-19(26-21(16)23-18(15)9-13)20(24)22-12-14-4-7-17(25-2)8-5-14/h3-11H,12H2,1-2H3,(H,22,24). The molecule has 2 heterocycles. The predicted octanol–water partition coefficient (Wildman–Crippen LogP) is 4.23. The Labute approximate surface area is 150 Å². The van der Waals surface area contributed by atoms with E-state index in [0.29, 0.717) is 12.3 Å². The van der Waals surface area contributed by atoms with Crippen LogP contribution >= 0.6 is 0 Å². The molecule has 0 unspecified atom stereocenters. The minimum absolute atomic E-state index is 0.257. The van der Waals surface area contributed by atoms with Gasteiger partial charge in [-0.3, -0.25) is 4.79 Å².